The van der Waals surface area contributed by atoms with Crippen molar-refractivity contribution in [2.45, 2.75) is 0 Å². The molecule has 5 heteroatoms. The van der Waals surface area contributed by atoms with Crippen LogP contribution in [-0.4, -0.2) is 11.1 Å². The van der Waals surface area contributed by atoms with Crippen LogP contribution >= 0.6 is 50.1 Å². The molecule has 0 aromatic heterocycles. The van der Waals surface area contributed by atoms with Crippen LogP contribution in [0.15, 0.2) is 12.1 Å². The quantitative estimate of drug-likeness (QED) is 0.333. The molecule has 0 aliphatic heterocycles. The van der Waals surface area contributed by atoms with E-state index in [0.29, 0.717) is 3.57 Å². The lowest BCUT2D eigenvalue weighted by Gasteiger charge is -2.02. The molecule has 1 nitrogen and oxygen atoms in total. The average Bonchev–Trinajstić information content (AvgIpc) is 2.10. The summed E-state index contributed by atoms with van der Waals surface area (Å²) in [7, 11) is 0. The summed E-state index contributed by atoms with van der Waals surface area (Å²) >= 11 is 10.6. The monoisotopic (exact) mass is 376 g/mol. The van der Waals surface area contributed by atoms with E-state index in [9.17, 15) is 9.18 Å². The molecule has 0 aliphatic rings. The SMILES string of the molecule is O=C(CBr)c1cc(F)c(I)cc1Cl. The summed E-state index contributed by atoms with van der Waals surface area (Å²) < 4.78 is 13.4. The molecule has 0 saturated carbocycles. The molecule has 0 N–H and O–H groups in total. The Kier molecular flexibility index (Phi) is 4.12. The van der Waals surface area contributed by atoms with Crippen molar-refractivity contribution in [3.63, 3.8) is 0 Å². The first-order valence-corrected chi connectivity index (χ1v) is 5.87. The summed E-state index contributed by atoms with van der Waals surface area (Å²) in [6.07, 6.45) is 0. The third-order valence-electron chi connectivity index (χ3n) is 1.43. The molecule has 0 bridgehead atoms. The first-order valence-electron chi connectivity index (χ1n) is 3.30. The van der Waals surface area contributed by atoms with Crippen LogP contribution in [-0.2, 0) is 0 Å². The van der Waals surface area contributed by atoms with Gasteiger partial charge in [-0.15, -0.1) is 0 Å². The van der Waals surface area contributed by atoms with Gasteiger partial charge in [-0.05, 0) is 34.7 Å². The highest BCUT2D eigenvalue weighted by Gasteiger charge is 2.12. The molecule has 0 aliphatic carbocycles. The highest BCUT2D eigenvalue weighted by molar-refractivity contribution is 14.1. The van der Waals surface area contributed by atoms with Gasteiger partial charge in [0.15, 0.2) is 5.78 Å². The first kappa shape index (κ1) is 11.4. The van der Waals surface area contributed by atoms with Crippen molar-refractivity contribution in [1.82, 2.24) is 0 Å². The summed E-state index contributed by atoms with van der Waals surface area (Å²) in [5, 5.41) is 0.433. The second kappa shape index (κ2) is 4.70. The van der Waals surface area contributed by atoms with Crippen molar-refractivity contribution in [3.8, 4) is 0 Å². The van der Waals surface area contributed by atoms with Crippen LogP contribution in [0.25, 0.3) is 0 Å². The molecule has 0 amide bonds. The van der Waals surface area contributed by atoms with E-state index in [1.54, 1.807) is 0 Å². The molecule has 1 aromatic rings. The number of hydrogen-bond donors (Lipinski definition) is 0. The maximum absolute atomic E-state index is 13.0. The van der Waals surface area contributed by atoms with Crippen LogP contribution in [0.2, 0.25) is 5.02 Å². The van der Waals surface area contributed by atoms with Gasteiger partial charge in [0.05, 0.1) is 13.9 Å². The molecule has 70 valence electrons. The fourth-order valence-corrected chi connectivity index (χ4v) is 2.03. The Hall–Kier alpha value is 0.320. The second-order valence-corrected chi connectivity index (χ2v) is 4.43. The molecule has 1 aromatic carbocycles. The third-order valence-corrected chi connectivity index (χ3v) is 3.08. The molecular formula is C8H4BrClFIO. The van der Waals surface area contributed by atoms with Crippen molar-refractivity contribution in [2.75, 3.05) is 5.33 Å². The summed E-state index contributed by atoms with van der Waals surface area (Å²) in [5.41, 5.74) is 0.219. The van der Waals surface area contributed by atoms with Crippen LogP contribution in [0.1, 0.15) is 10.4 Å². The van der Waals surface area contributed by atoms with Crippen LogP contribution in [0.5, 0.6) is 0 Å². The molecule has 0 heterocycles. The standard InChI is InChI=1S/C8H4BrClFIO/c9-3-8(13)4-1-6(11)7(12)2-5(4)10/h1-2H,3H2. The van der Waals surface area contributed by atoms with E-state index in [-0.39, 0.29) is 21.7 Å². The van der Waals surface area contributed by atoms with Crippen molar-refractivity contribution in [3.05, 3.63) is 32.1 Å². The highest BCUT2D eigenvalue weighted by Crippen LogP contribution is 2.22. The first-order chi connectivity index (χ1) is 6.06. The lowest BCUT2D eigenvalue weighted by atomic mass is 10.1. The van der Waals surface area contributed by atoms with Gasteiger partial charge in [0, 0.05) is 5.56 Å². The maximum atomic E-state index is 13.0. The van der Waals surface area contributed by atoms with E-state index < -0.39 is 5.82 Å². The molecule has 0 fully saturated rings. The van der Waals surface area contributed by atoms with E-state index in [1.165, 1.54) is 6.07 Å². The van der Waals surface area contributed by atoms with Gasteiger partial charge in [-0.3, -0.25) is 4.79 Å². The molecular weight excluding hydrogens is 373 g/mol. The number of rotatable bonds is 2. The van der Waals surface area contributed by atoms with Crippen molar-refractivity contribution >= 4 is 55.9 Å². The normalized spacial score (nSPS) is 10.2. The number of carbonyl (C=O) groups excluding carboxylic acids is 1. The lowest BCUT2D eigenvalue weighted by molar-refractivity contribution is 0.102. The third kappa shape index (κ3) is 2.63. The molecule has 0 unspecified atom stereocenters. The van der Waals surface area contributed by atoms with Gasteiger partial charge >= 0.3 is 0 Å². The number of ketones is 1. The zero-order valence-corrected chi connectivity index (χ0v) is 10.8. The van der Waals surface area contributed by atoms with Crippen molar-refractivity contribution in [2.24, 2.45) is 0 Å². The zero-order valence-electron chi connectivity index (χ0n) is 6.28. The van der Waals surface area contributed by atoms with Gasteiger partial charge in [-0.1, -0.05) is 27.5 Å². The largest absolute Gasteiger partial charge is 0.293 e. The smallest absolute Gasteiger partial charge is 0.174 e. The molecule has 0 atom stereocenters. The van der Waals surface area contributed by atoms with E-state index >= 15 is 0 Å². The van der Waals surface area contributed by atoms with Crippen LogP contribution in [0.3, 0.4) is 0 Å². The van der Waals surface area contributed by atoms with E-state index in [4.69, 9.17) is 11.6 Å². The lowest BCUT2D eigenvalue weighted by Crippen LogP contribution is -2.02. The Morgan fingerprint density at radius 2 is 2.23 bits per heavy atom. The predicted molar refractivity (Wildman–Crippen MR) is 62.3 cm³/mol. The summed E-state index contributed by atoms with van der Waals surface area (Å²) in [6, 6.07) is 2.60. The summed E-state index contributed by atoms with van der Waals surface area (Å²) in [4.78, 5) is 11.2. The van der Waals surface area contributed by atoms with Gasteiger partial charge in [-0.2, -0.15) is 0 Å². The number of hydrogen-bond acceptors (Lipinski definition) is 1. The van der Waals surface area contributed by atoms with Crippen LogP contribution in [0, 0.1) is 9.39 Å². The Morgan fingerprint density at radius 1 is 1.62 bits per heavy atom. The van der Waals surface area contributed by atoms with E-state index in [2.05, 4.69) is 15.9 Å². The van der Waals surface area contributed by atoms with Gasteiger partial charge in [-0.25, -0.2) is 4.39 Å². The summed E-state index contributed by atoms with van der Waals surface area (Å²) in [6.45, 7) is 0. The minimum atomic E-state index is -0.422. The Balaban J connectivity index is 3.23. The van der Waals surface area contributed by atoms with Crippen LogP contribution < -0.4 is 0 Å². The number of carbonyl (C=O) groups is 1. The Bertz CT molecular complexity index is 356. The van der Waals surface area contributed by atoms with Gasteiger partial charge in [0.1, 0.15) is 5.82 Å². The van der Waals surface area contributed by atoms with Crippen LogP contribution in [0.4, 0.5) is 4.39 Å². The maximum Gasteiger partial charge on any atom is 0.174 e. The Morgan fingerprint density at radius 3 is 2.77 bits per heavy atom. The number of alkyl halides is 1. The predicted octanol–water partition coefficient (Wildman–Crippen LogP) is 3.66. The molecule has 0 radical (unpaired) electrons. The van der Waals surface area contributed by atoms with Crippen molar-refractivity contribution < 1.29 is 9.18 Å². The van der Waals surface area contributed by atoms with E-state index in [1.807, 2.05) is 22.6 Å². The number of benzene rings is 1. The Labute approximate surface area is 102 Å². The second-order valence-electron chi connectivity index (χ2n) is 2.30. The topological polar surface area (TPSA) is 17.1 Å². The number of Topliss-reactive ketones (excluding diaryl/α,β-unsaturated/α-hetero) is 1. The molecule has 13 heavy (non-hydrogen) atoms. The van der Waals surface area contributed by atoms with Gasteiger partial charge in [0.2, 0.25) is 0 Å². The summed E-state index contributed by atoms with van der Waals surface area (Å²) in [5.74, 6) is -0.644. The zero-order chi connectivity index (χ0) is 10.0. The minimum absolute atomic E-state index is 0.146. The van der Waals surface area contributed by atoms with Crippen molar-refractivity contribution in [1.29, 1.82) is 0 Å². The van der Waals surface area contributed by atoms with Gasteiger partial charge < -0.3 is 0 Å². The molecule has 1 rings (SSSR count). The average molecular weight is 377 g/mol. The van der Waals surface area contributed by atoms with E-state index in [0.717, 1.165) is 6.07 Å². The highest BCUT2D eigenvalue weighted by atomic mass is 127. The fraction of sp³-hybridized carbons (Fsp3) is 0.125. The minimum Gasteiger partial charge on any atom is -0.293 e. The number of halogens is 4. The molecule has 0 saturated heterocycles. The fourth-order valence-electron chi connectivity index (χ4n) is 0.808. The van der Waals surface area contributed by atoms with Gasteiger partial charge in [0.25, 0.3) is 0 Å². The molecule has 0 spiro atoms.